The average Bonchev–Trinajstić information content (AvgIpc) is 3.04. The fraction of sp³-hybridized carbons (Fsp3) is 0.125. The summed E-state index contributed by atoms with van der Waals surface area (Å²) >= 11 is 19.2. The highest BCUT2D eigenvalue weighted by molar-refractivity contribution is 9.10. The van der Waals surface area contributed by atoms with Gasteiger partial charge in [-0.3, -0.25) is 0 Å². The van der Waals surface area contributed by atoms with E-state index in [1.807, 2.05) is 0 Å². The van der Waals surface area contributed by atoms with Gasteiger partial charge in [-0.2, -0.15) is 0 Å². The van der Waals surface area contributed by atoms with Gasteiger partial charge in [-0.05, 0) is 56.1 Å². The molecule has 24 heavy (non-hydrogen) atoms. The molecule has 0 aliphatic carbocycles. The van der Waals surface area contributed by atoms with Crippen molar-refractivity contribution >= 4 is 71.7 Å². The van der Waals surface area contributed by atoms with Gasteiger partial charge in [0.15, 0.2) is 5.72 Å². The standard InChI is InChI=1S/C16H10Br2Cl2N2O2/c17-8-1-2-12-14(15(8)20)13(23)5-22(12)16(24)6-21-11-4-10(19)9(18)3-7(11)16/h1-5,21,23-24H,6H2. The SMILES string of the molecule is Oc1cn(C2(O)CNc3cc(Cl)c(Br)cc32)c2ccc(Br)c(Cl)c12. The molecular weight excluding hydrogens is 483 g/mol. The van der Waals surface area contributed by atoms with Crippen LogP contribution in [0, 0.1) is 0 Å². The van der Waals surface area contributed by atoms with E-state index < -0.39 is 5.72 Å². The number of hydrogen-bond acceptors (Lipinski definition) is 3. The Morgan fingerprint density at radius 2 is 1.92 bits per heavy atom. The van der Waals surface area contributed by atoms with E-state index in [2.05, 4.69) is 37.2 Å². The first-order valence-electron chi connectivity index (χ1n) is 6.97. The van der Waals surface area contributed by atoms with Crippen LogP contribution in [0.25, 0.3) is 10.9 Å². The van der Waals surface area contributed by atoms with Crippen molar-refractivity contribution in [3.05, 3.63) is 55.0 Å². The second-order valence-corrected chi connectivity index (χ2v) is 8.12. The van der Waals surface area contributed by atoms with Crippen LogP contribution in [0.4, 0.5) is 5.69 Å². The topological polar surface area (TPSA) is 57.4 Å². The number of aromatic hydroxyl groups is 1. The van der Waals surface area contributed by atoms with Crippen molar-refractivity contribution in [3.8, 4) is 5.75 Å². The number of nitrogens with zero attached hydrogens (tertiary/aromatic N) is 1. The van der Waals surface area contributed by atoms with E-state index in [-0.39, 0.29) is 12.3 Å². The number of halogens is 4. The first-order chi connectivity index (χ1) is 11.3. The van der Waals surface area contributed by atoms with Crippen molar-refractivity contribution in [2.75, 3.05) is 11.9 Å². The van der Waals surface area contributed by atoms with Crippen LogP contribution in [0.5, 0.6) is 5.75 Å². The fourth-order valence-electron chi connectivity index (χ4n) is 3.10. The van der Waals surface area contributed by atoms with Gasteiger partial charge in [0.05, 0.1) is 33.7 Å². The number of benzene rings is 2. The van der Waals surface area contributed by atoms with Crippen LogP contribution in [-0.2, 0) is 5.72 Å². The van der Waals surface area contributed by atoms with Crippen LogP contribution in [-0.4, -0.2) is 21.3 Å². The summed E-state index contributed by atoms with van der Waals surface area (Å²) in [6, 6.07) is 7.12. The number of β-amino-alcohol motifs (C(OH)–C–C–N with tert-alkyl or cyclic N) is 1. The molecular formula is C16H10Br2Cl2N2O2. The summed E-state index contributed by atoms with van der Waals surface area (Å²) in [6.07, 6.45) is 1.49. The van der Waals surface area contributed by atoms with Gasteiger partial charge in [0.2, 0.25) is 0 Å². The third-order valence-corrected chi connectivity index (χ3v) is 6.73. The lowest BCUT2D eigenvalue weighted by molar-refractivity contribution is 0.0305. The predicted molar refractivity (Wildman–Crippen MR) is 103 cm³/mol. The molecule has 0 saturated heterocycles. The Morgan fingerprint density at radius 1 is 1.17 bits per heavy atom. The molecule has 0 bridgehead atoms. The molecule has 2 heterocycles. The highest BCUT2D eigenvalue weighted by Crippen LogP contribution is 2.45. The molecule has 8 heteroatoms. The summed E-state index contributed by atoms with van der Waals surface area (Å²) in [4.78, 5) is 0. The maximum Gasteiger partial charge on any atom is 0.188 e. The van der Waals surface area contributed by atoms with Crippen molar-refractivity contribution in [1.29, 1.82) is 0 Å². The molecule has 2 aromatic carbocycles. The minimum absolute atomic E-state index is 0.00574. The van der Waals surface area contributed by atoms with Crippen LogP contribution in [0.15, 0.2) is 39.4 Å². The first-order valence-corrected chi connectivity index (χ1v) is 9.31. The fourth-order valence-corrected chi connectivity index (χ4v) is 4.19. The second-order valence-electron chi connectivity index (χ2n) is 5.62. The number of rotatable bonds is 1. The number of aromatic nitrogens is 1. The normalized spacial score (nSPS) is 19.5. The molecule has 0 radical (unpaired) electrons. The van der Waals surface area contributed by atoms with E-state index >= 15 is 0 Å². The van der Waals surface area contributed by atoms with E-state index in [1.54, 1.807) is 28.8 Å². The third kappa shape index (κ3) is 2.21. The lowest BCUT2D eigenvalue weighted by atomic mass is 10.0. The lowest BCUT2D eigenvalue weighted by Crippen LogP contribution is -2.36. The van der Waals surface area contributed by atoms with Gasteiger partial charge in [0.1, 0.15) is 5.75 Å². The molecule has 0 saturated carbocycles. The first kappa shape index (κ1) is 16.5. The molecule has 0 amide bonds. The molecule has 0 spiro atoms. The number of aliphatic hydroxyl groups is 1. The Morgan fingerprint density at radius 3 is 2.67 bits per heavy atom. The Kier molecular flexibility index (Phi) is 3.82. The molecule has 1 aliphatic heterocycles. The van der Waals surface area contributed by atoms with Gasteiger partial charge >= 0.3 is 0 Å². The second kappa shape index (κ2) is 5.54. The molecule has 3 aromatic rings. The van der Waals surface area contributed by atoms with Crippen LogP contribution < -0.4 is 5.32 Å². The maximum absolute atomic E-state index is 11.4. The predicted octanol–water partition coefficient (Wildman–Crippen LogP) is 5.30. The van der Waals surface area contributed by atoms with Crippen molar-refractivity contribution in [2.24, 2.45) is 0 Å². The molecule has 4 rings (SSSR count). The summed E-state index contributed by atoms with van der Waals surface area (Å²) in [5, 5.41) is 26.3. The highest BCUT2D eigenvalue weighted by Gasteiger charge is 2.40. The van der Waals surface area contributed by atoms with Gasteiger partial charge in [0.25, 0.3) is 0 Å². The number of fused-ring (bicyclic) bond motifs is 2. The Hall–Kier alpha value is -0.920. The van der Waals surface area contributed by atoms with Crippen molar-refractivity contribution in [1.82, 2.24) is 4.57 Å². The van der Waals surface area contributed by atoms with Crippen molar-refractivity contribution in [2.45, 2.75) is 5.72 Å². The molecule has 1 aromatic heterocycles. The average molecular weight is 493 g/mol. The summed E-state index contributed by atoms with van der Waals surface area (Å²) in [5.74, 6) is 0.00574. The molecule has 1 atom stereocenters. The van der Waals surface area contributed by atoms with Gasteiger partial charge in [0, 0.05) is 20.2 Å². The summed E-state index contributed by atoms with van der Waals surface area (Å²) in [5.41, 5.74) is 0.660. The molecule has 1 unspecified atom stereocenters. The molecule has 0 fully saturated rings. The monoisotopic (exact) mass is 490 g/mol. The summed E-state index contributed by atoms with van der Waals surface area (Å²) in [7, 11) is 0. The smallest absolute Gasteiger partial charge is 0.188 e. The van der Waals surface area contributed by atoms with Crippen molar-refractivity contribution in [3.63, 3.8) is 0 Å². The Labute approximate surface area is 164 Å². The Balaban J connectivity index is 2.01. The van der Waals surface area contributed by atoms with E-state index in [1.165, 1.54) is 6.20 Å². The van der Waals surface area contributed by atoms with E-state index in [0.29, 0.717) is 35.5 Å². The zero-order valence-corrected chi connectivity index (χ0v) is 16.6. The largest absolute Gasteiger partial charge is 0.506 e. The van der Waals surface area contributed by atoms with Crippen LogP contribution in [0.2, 0.25) is 10.0 Å². The molecule has 124 valence electrons. The quantitative estimate of drug-likeness (QED) is 0.432. The maximum atomic E-state index is 11.4. The van der Waals surface area contributed by atoms with Gasteiger partial charge in [-0.25, -0.2) is 0 Å². The summed E-state index contributed by atoms with van der Waals surface area (Å²) in [6.45, 7) is 0.242. The zero-order valence-electron chi connectivity index (χ0n) is 11.9. The number of nitrogens with one attached hydrogen (secondary N) is 1. The molecule has 4 nitrogen and oxygen atoms in total. The lowest BCUT2D eigenvalue weighted by Gasteiger charge is -2.26. The van der Waals surface area contributed by atoms with Gasteiger partial charge in [-0.15, -0.1) is 0 Å². The van der Waals surface area contributed by atoms with Crippen LogP contribution >= 0.6 is 55.1 Å². The molecule has 1 aliphatic rings. The summed E-state index contributed by atoms with van der Waals surface area (Å²) < 4.78 is 2.98. The van der Waals surface area contributed by atoms with E-state index in [4.69, 9.17) is 23.2 Å². The Bertz CT molecular complexity index is 1010. The van der Waals surface area contributed by atoms with Crippen LogP contribution in [0.1, 0.15) is 5.56 Å². The number of hydrogen-bond donors (Lipinski definition) is 3. The zero-order chi connectivity index (χ0) is 17.2. The van der Waals surface area contributed by atoms with Crippen LogP contribution in [0.3, 0.4) is 0 Å². The van der Waals surface area contributed by atoms with Crippen molar-refractivity contribution < 1.29 is 10.2 Å². The number of anilines is 1. The van der Waals surface area contributed by atoms with E-state index in [9.17, 15) is 10.2 Å². The molecule has 3 N–H and O–H groups in total. The minimum Gasteiger partial charge on any atom is -0.506 e. The van der Waals surface area contributed by atoms with Gasteiger partial charge in [-0.1, -0.05) is 23.2 Å². The minimum atomic E-state index is -1.38. The van der Waals surface area contributed by atoms with E-state index in [0.717, 1.165) is 5.69 Å². The van der Waals surface area contributed by atoms with Gasteiger partial charge < -0.3 is 20.1 Å². The highest BCUT2D eigenvalue weighted by atomic mass is 79.9. The third-order valence-electron chi connectivity index (χ3n) is 4.26.